The second-order valence-corrected chi connectivity index (χ2v) is 12.3. The number of ether oxygens (including phenoxy) is 1. The van der Waals surface area contributed by atoms with E-state index in [-0.39, 0.29) is 29.6 Å². The van der Waals surface area contributed by atoms with Crippen LogP contribution in [0, 0.1) is 0 Å². The summed E-state index contributed by atoms with van der Waals surface area (Å²) in [6, 6.07) is 12.1. The summed E-state index contributed by atoms with van der Waals surface area (Å²) in [6.07, 6.45) is 1.30. The lowest BCUT2D eigenvalue weighted by molar-refractivity contribution is -0.137. The Morgan fingerprint density at radius 1 is 1.10 bits per heavy atom. The Morgan fingerprint density at radius 3 is 2.60 bits per heavy atom. The van der Waals surface area contributed by atoms with Gasteiger partial charge in [0.15, 0.2) is 0 Å². The normalized spacial score (nSPS) is 25.1. The maximum Gasteiger partial charge on any atom is 0.416 e. The molecule has 224 valence electrons. The summed E-state index contributed by atoms with van der Waals surface area (Å²) in [5.41, 5.74) is 1.82. The van der Waals surface area contributed by atoms with Crippen LogP contribution in [0.25, 0.3) is 10.8 Å². The van der Waals surface area contributed by atoms with Crippen LogP contribution in [0.3, 0.4) is 0 Å². The number of hydrogen-bond acceptors (Lipinski definition) is 5. The van der Waals surface area contributed by atoms with Gasteiger partial charge in [-0.3, -0.25) is 19.6 Å². The van der Waals surface area contributed by atoms with Crippen LogP contribution in [-0.2, 0) is 17.3 Å². The molecular weight excluding hydrogens is 541 g/mol. The van der Waals surface area contributed by atoms with E-state index in [9.17, 15) is 18.0 Å². The van der Waals surface area contributed by atoms with E-state index in [0.717, 1.165) is 59.9 Å². The summed E-state index contributed by atoms with van der Waals surface area (Å²) in [5.74, 6) is 0.0718. The predicted octanol–water partition coefficient (Wildman–Crippen LogP) is 5.96. The maximum absolute atomic E-state index is 13.5. The molecule has 0 radical (unpaired) electrons. The standard InChI is InChI=1S/C33H39F3N4O2/c1-4-42-29-19-24-18-25(33(34,35)36)8-9-27(24)30(29)40-17-16-39(21-22(40)2)32(3)11-14-38(15-12-32)31(41)28-7-5-6-23-20-37-13-10-26(23)28/h5-10,13,18,20,22,29-30H,4,11-12,14-17,19,21H2,1-3H3/t22-,29-,30+/m0/s1. The summed E-state index contributed by atoms with van der Waals surface area (Å²) in [5, 5.41) is 1.90. The number of halogens is 3. The minimum atomic E-state index is -4.35. The fraction of sp³-hybridized carbons (Fsp3) is 0.515. The molecule has 2 saturated heterocycles. The number of piperazine rings is 1. The van der Waals surface area contributed by atoms with Crippen LogP contribution in [0.1, 0.15) is 66.7 Å². The van der Waals surface area contributed by atoms with Crippen molar-refractivity contribution in [1.29, 1.82) is 0 Å². The Hall–Kier alpha value is -3.01. The first kappa shape index (κ1) is 29.1. The van der Waals surface area contributed by atoms with Crippen molar-refractivity contribution in [3.8, 4) is 0 Å². The van der Waals surface area contributed by atoms with Crippen LogP contribution in [0.15, 0.2) is 54.9 Å². The van der Waals surface area contributed by atoms with Gasteiger partial charge in [0.05, 0.1) is 17.7 Å². The average molecular weight is 581 g/mol. The van der Waals surface area contributed by atoms with Crippen molar-refractivity contribution in [3.63, 3.8) is 0 Å². The molecule has 1 aliphatic carbocycles. The molecule has 0 bridgehead atoms. The molecule has 2 aromatic carbocycles. The van der Waals surface area contributed by atoms with Crippen molar-refractivity contribution in [3.05, 3.63) is 77.1 Å². The zero-order valence-electron chi connectivity index (χ0n) is 24.5. The number of rotatable bonds is 5. The number of benzene rings is 2. The SMILES string of the molecule is CCO[C@H]1Cc2cc(C(F)(F)F)ccc2[C@H]1N1CCN(C2(C)CCN(C(=O)c3cccc4cnccc34)CC2)C[C@@H]1C. The minimum absolute atomic E-state index is 0.0195. The first-order valence-electron chi connectivity index (χ1n) is 15.0. The summed E-state index contributed by atoms with van der Waals surface area (Å²) < 4.78 is 46.4. The zero-order chi connectivity index (χ0) is 29.6. The molecule has 0 unspecified atom stereocenters. The zero-order valence-corrected chi connectivity index (χ0v) is 24.5. The summed E-state index contributed by atoms with van der Waals surface area (Å²) >= 11 is 0. The quantitative estimate of drug-likeness (QED) is 0.373. The van der Waals surface area contributed by atoms with Crippen LogP contribution in [0.2, 0.25) is 0 Å². The summed E-state index contributed by atoms with van der Waals surface area (Å²) in [6.45, 7) is 11.0. The number of amides is 1. The number of fused-ring (bicyclic) bond motifs is 2. The monoisotopic (exact) mass is 580 g/mol. The first-order valence-corrected chi connectivity index (χ1v) is 15.0. The Kier molecular flexibility index (Phi) is 7.79. The highest BCUT2D eigenvalue weighted by atomic mass is 19.4. The van der Waals surface area contributed by atoms with E-state index < -0.39 is 11.7 Å². The van der Waals surface area contributed by atoms with Crippen molar-refractivity contribution in [1.82, 2.24) is 19.7 Å². The lowest BCUT2D eigenvalue weighted by Gasteiger charge is -2.53. The highest BCUT2D eigenvalue weighted by molar-refractivity contribution is 6.06. The molecule has 2 fully saturated rings. The molecule has 3 aliphatic rings. The van der Waals surface area contributed by atoms with Gasteiger partial charge >= 0.3 is 6.18 Å². The lowest BCUT2D eigenvalue weighted by atomic mass is 9.86. The number of pyridine rings is 1. The molecule has 1 aromatic heterocycles. The highest BCUT2D eigenvalue weighted by Gasteiger charge is 2.45. The predicted molar refractivity (Wildman–Crippen MR) is 156 cm³/mol. The number of piperidine rings is 1. The first-order chi connectivity index (χ1) is 20.1. The molecule has 0 spiro atoms. The molecular formula is C33H39F3N4O2. The average Bonchev–Trinajstić information content (AvgIpc) is 3.33. The lowest BCUT2D eigenvalue weighted by Crippen LogP contribution is -2.62. The van der Waals surface area contributed by atoms with Gasteiger partial charge in [-0.25, -0.2) is 0 Å². The number of likely N-dealkylation sites (tertiary alicyclic amines) is 1. The van der Waals surface area contributed by atoms with Gasteiger partial charge in [-0.15, -0.1) is 0 Å². The second kappa shape index (κ2) is 11.2. The molecule has 3 atom stereocenters. The third-order valence-corrected chi connectivity index (χ3v) is 9.78. The van der Waals surface area contributed by atoms with Gasteiger partial charge in [0.2, 0.25) is 0 Å². The van der Waals surface area contributed by atoms with Crippen LogP contribution < -0.4 is 0 Å². The molecule has 6 rings (SSSR count). The van der Waals surface area contributed by atoms with Crippen LogP contribution >= 0.6 is 0 Å². The van der Waals surface area contributed by atoms with Crippen molar-refractivity contribution in [2.45, 2.75) is 69.9 Å². The van der Waals surface area contributed by atoms with Crippen molar-refractivity contribution >= 4 is 16.7 Å². The molecule has 2 aliphatic heterocycles. The molecule has 3 aromatic rings. The van der Waals surface area contributed by atoms with Gasteiger partial charge in [-0.2, -0.15) is 13.2 Å². The Bertz CT molecular complexity index is 1450. The number of nitrogens with zero attached hydrogens (tertiary/aromatic N) is 4. The molecule has 9 heteroatoms. The van der Waals surface area contributed by atoms with Gasteiger partial charge < -0.3 is 9.64 Å². The molecule has 6 nitrogen and oxygen atoms in total. The molecule has 42 heavy (non-hydrogen) atoms. The number of hydrogen-bond donors (Lipinski definition) is 0. The fourth-order valence-electron chi connectivity index (χ4n) is 7.39. The number of aromatic nitrogens is 1. The van der Waals surface area contributed by atoms with E-state index >= 15 is 0 Å². The van der Waals surface area contributed by atoms with E-state index in [4.69, 9.17) is 4.74 Å². The van der Waals surface area contributed by atoms with Crippen LogP contribution in [-0.4, -0.2) is 82.6 Å². The number of carbonyl (C=O) groups excluding carboxylic acids is 1. The van der Waals surface area contributed by atoms with Crippen LogP contribution in [0.4, 0.5) is 13.2 Å². The van der Waals surface area contributed by atoms with E-state index in [1.807, 2.05) is 36.1 Å². The Morgan fingerprint density at radius 2 is 1.88 bits per heavy atom. The van der Waals surface area contributed by atoms with Gasteiger partial charge in [-0.1, -0.05) is 18.2 Å². The molecule has 0 saturated carbocycles. The van der Waals surface area contributed by atoms with Gasteiger partial charge in [0.1, 0.15) is 0 Å². The van der Waals surface area contributed by atoms with Gasteiger partial charge in [0, 0.05) is 80.7 Å². The molecule has 3 heterocycles. The third-order valence-electron chi connectivity index (χ3n) is 9.78. The summed E-state index contributed by atoms with van der Waals surface area (Å²) in [4.78, 5) is 24.7. The second-order valence-electron chi connectivity index (χ2n) is 12.3. The smallest absolute Gasteiger partial charge is 0.376 e. The van der Waals surface area contributed by atoms with E-state index in [2.05, 4.69) is 28.6 Å². The Labute approximate surface area is 245 Å². The van der Waals surface area contributed by atoms with E-state index in [0.29, 0.717) is 26.1 Å². The van der Waals surface area contributed by atoms with Gasteiger partial charge in [0.25, 0.3) is 5.91 Å². The maximum atomic E-state index is 13.5. The van der Waals surface area contributed by atoms with Crippen LogP contribution in [0.5, 0.6) is 0 Å². The Balaban J connectivity index is 1.13. The number of alkyl halides is 3. The minimum Gasteiger partial charge on any atom is -0.376 e. The number of carbonyl (C=O) groups is 1. The fourth-order valence-corrected chi connectivity index (χ4v) is 7.39. The summed E-state index contributed by atoms with van der Waals surface area (Å²) in [7, 11) is 0. The van der Waals surface area contributed by atoms with Crippen molar-refractivity contribution < 1.29 is 22.7 Å². The van der Waals surface area contributed by atoms with Crippen molar-refractivity contribution in [2.75, 3.05) is 39.3 Å². The molecule has 1 amide bonds. The largest absolute Gasteiger partial charge is 0.416 e. The third kappa shape index (κ3) is 5.31. The van der Waals surface area contributed by atoms with Gasteiger partial charge in [-0.05, 0) is 74.4 Å². The van der Waals surface area contributed by atoms with E-state index in [1.165, 1.54) is 12.1 Å². The van der Waals surface area contributed by atoms with E-state index in [1.54, 1.807) is 18.5 Å². The molecule has 0 N–H and O–H groups in total. The topological polar surface area (TPSA) is 48.9 Å². The van der Waals surface area contributed by atoms with Crippen molar-refractivity contribution in [2.24, 2.45) is 0 Å². The highest BCUT2D eigenvalue weighted by Crippen LogP contribution is 2.43.